The summed E-state index contributed by atoms with van der Waals surface area (Å²) in [6.45, 7) is 5.49. The van der Waals surface area contributed by atoms with Gasteiger partial charge < -0.3 is 5.32 Å². The summed E-state index contributed by atoms with van der Waals surface area (Å²) in [5.74, 6) is 0. The van der Waals surface area contributed by atoms with Crippen molar-refractivity contribution < 1.29 is 0 Å². The normalized spacial score (nSPS) is 18.5. The zero-order valence-corrected chi connectivity index (χ0v) is 10.8. The first-order chi connectivity index (χ1) is 7.62. The van der Waals surface area contributed by atoms with Crippen LogP contribution in [0.15, 0.2) is 24.3 Å². The van der Waals surface area contributed by atoms with E-state index in [1.807, 2.05) is 12.1 Å². The molecule has 0 aliphatic heterocycles. The van der Waals surface area contributed by atoms with Gasteiger partial charge in [-0.15, -0.1) is 0 Å². The van der Waals surface area contributed by atoms with Gasteiger partial charge in [0.25, 0.3) is 0 Å². The van der Waals surface area contributed by atoms with E-state index in [9.17, 15) is 0 Å². The van der Waals surface area contributed by atoms with Gasteiger partial charge in [-0.2, -0.15) is 0 Å². The van der Waals surface area contributed by atoms with Crippen LogP contribution in [-0.4, -0.2) is 12.6 Å². The second kappa shape index (κ2) is 4.77. The lowest BCUT2D eigenvalue weighted by molar-refractivity contribution is 0.228. The van der Waals surface area contributed by atoms with Crippen molar-refractivity contribution in [1.29, 1.82) is 0 Å². The Morgan fingerprint density at radius 2 is 1.88 bits per heavy atom. The molecule has 0 spiro atoms. The lowest BCUT2D eigenvalue weighted by atomic mass is 9.64. The Hall–Kier alpha value is -0.530. The van der Waals surface area contributed by atoms with Crippen molar-refractivity contribution in [3.05, 3.63) is 34.9 Å². The Morgan fingerprint density at radius 3 is 2.31 bits per heavy atom. The largest absolute Gasteiger partial charge is 0.314 e. The van der Waals surface area contributed by atoms with Crippen molar-refractivity contribution in [2.24, 2.45) is 0 Å². The molecule has 2 heteroatoms. The Morgan fingerprint density at radius 1 is 1.25 bits per heavy atom. The first-order valence-electron chi connectivity index (χ1n) is 6.12. The van der Waals surface area contributed by atoms with Gasteiger partial charge in [-0.25, -0.2) is 0 Å². The molecule has 0 heterocycles. The molecule has 1 saturated carbocycles. The quantitative estimate of drug-likeness (QED) is 0.841. The zero-order valence-electron chi connectivity index (χ0n) is 10.1. The lowest BCUT2D eigenvalue weighted by Crippen LogP contribution is -2.45. The zero-order chi connectivity index (χ0) is 11.6. The fraction of sp³-hybridized carbons (Fsp3) is 0.571. The monoisotopic (exact) mass is 237 g/mol. The topological polar surface area (TPSA) is 12.0 Å². The number of benzene rings is 1. The predicted molar refractivity (Wildman–Crippen MR) is 70.1 cm³/mol. The molecule has 1 aliphatic carbocycles. The van der Waals surface area contributed by atoms with Crippen molar-refractivity contribution in [2.75, 3.05) is 6.54 Å². The predicted octanol–water partition coefficient (Wildman–Crippen LogP) is 3.76. The maximum atomic E-state index is 5.93. The molecule has 0 radical (unpaired) electrons. The van der Waals surface area contributed by atoms with E-state index < -0.39 is 0 Å². The molecule has 0 atom stereocenters. The van der Waals surface area contributed by atoms with Gasteiger partial charge in [0.05, 0.1) is 0 Å². The molecule has 2 rings (SSSR count). The standard InChI is InChI=1S/C14H20ClN/c1-11(2)16-10-14(8-3-9-14)12-4-6-13(15)7-5-12/h4-7,11,16H,3,8-10H2,1-2H3. The van der Waals surface area contributed by atoms with E-state index in [-0.39, 0.29) is 0 Å². The van der Waals surface area contributed by atoms with E-state index in [1.54, 1.807) is 0 Å². The second-order valence-electron chi connectivity index (χ2n) is 5.18. The third-order valence-corrected chi connectivity index (χ3v) is 3.87. The van der Waals surface area contributed by atoms with E-state index >= 15 is 0 Å². The molecular formula is C14H20ClN. The van der Waals surface area contributed by atoms with Gasteiger partial charge in [-0.05, 0) is 30.5 Å². The highest BCUT2D eigenvalue weighted by molar-refractivity contribution is 6.30. The molecule has 16 heavy (non-hydrogen) atoms. The summed E-state index contributed by atoms with van der Waals surface area (Å²) in [5.41, 5.74) is 1.81. The van der Waals surface area contributed by atoms with Gasteiger partial charge in [0.2, 0.25) is 0 Å². The van der Waals surface area contributed by atoms with Crippen LogP contribution in [0.4, 0.5) is 0 Å². The molecule has 0 saturated heterocycles. The molecule has 88 valence electrons. The Balaban J connectivity index is 2.11. The SMILES string of the molecule is CC(C)NCC1(c2ccc(Cl)cc2)CCC1. The van der Waals surface area contributed by atoms with Gasteiger partial charge in [0, 0.05) is 23.0 Å². The van der Waals surface area contributed by atoms with Crippen LogP contribution in [0.1, 0.15) is 38.7 Å². The smallest absolute Gasteiger partial charge is 0.0406 e. The summed E-state index contributed by atoms with van der Waals surface area (Å²) in [6.07, 6.45) is 3.95. The van der Waals surface area contributed by atoms with Gasteiger partial charge in [-0.1, -0.05) is 44.0 Å². The number of halogens is 1. The minimum atomic E-state index is 0.370. The van der Waals surface area contributed by atoms with Crippen LogP contribution < -0.4 is 5.32 Å². The number of hydrogen-bond acceptors (Lipinski definition) is 1. The van der Waals surface area contributed by atoms with Crippen LogP contribution >= 0.6 is 11.6 Å². The summed E-state index contributed by atoms with van der Waals surface area (Å²) in [4.78, 5) is 0. The van der Waals surface area contributed by atoms with Crippen molar-refractivity contribution >= 4 is 11.6 Å². The Labute approximate surface area is 103 Å². The summed E-state index contributed by atoms with van der Waals surface area (Å²) in [7, 11) is 0. The average Bonchev–Trinajstić information content (AvgIpc) is 2.18. The highest BCUT2D eigenvalue weighted by Crippen LogP contribution is 2.43. The van der Waals surface area contributed by atoms with Crippen LogP contribution in [0.5, 0.6) is 0 Å². The van der Waals surface area contributed by atoms with E-state index in [4.69, 9.17) is 11.6 Å². The third-order valence-electron chi connectivity index (χ3n) is 3.62. The van der Waals surface area contributed by atoms with Crippen LogP contribution in [0, 0.1) is 0 Å². The van der Waals surface area contributed by atoms with E-state index in [0.717, 1.165) is 11.6 Å². The maximum absolute atomic E-state index is 5.93. The molecule has 1 nitrogen and oxygen atoms in total. The highest BCUT2D eigenvalue weighted by Gasteiger charge is 2.38. The van der Waals surface area contributed by atoms with Crippen molar-refractivity contribution in [2.45, 2.75) is 44.6 Å². The first kappa shape index (κ1) is 11.9. The Kier molecular flexibility index (Phi) is 3.56. The van der Waals surface area contributed by atoms with Crippen LogP contribution in [-0.2, 0) is 5.41 Å². The van der Waals surface area contributed by atoms with Crippen molar-refractivity contribution in [1.82, 2.24) is 5.32 Å². The molecule has 1 aromatic rings. The van der Waals surface area contributed by atoms with Crippen molar-refractivity contribution in [3.63, 3.8) is 0 Å². The molecule has 0 amide bonds. The number of nitrogens with one attached hydrogen (secondary N) is 1. The fourth-order valence-corrected chi connectivity index (χ4v) is 2.50. The van der Waals surface area contributed by atoms with Crippen LogP contribution in [0.2, 0.25) is 5.02 Å². The summed E-state index contributed by atoms with van der Waals surface area (Å²) < 4.78 is 0. The van der Waals surface area contributed by atoms with Gasteiger partial charge >= 0.3 is 0 Å². The molecule has 0 unspecified atom stereocenters. The molecule has 1 aliphatic rings. The second-order valence-corrected chi connectivity index (χ2v) is 5.61. The number of rotatable bonds is 4. The van der Waals surface area contributed by atoms with Gasteiger partial charge in [0.1, 0.15) is 0 Å². The lowest BCUT2D eigenvalue weighted by Gasteiger charge is -2.43. The third kappa shape index (κ3) is 2.41. The minimum absolute atomic E-state index is 0.370. The fourth-order valence-electron chi connectivity index (χ4n) is 2.37. The highest BCUT2D eigenvalue weighted by atomic mass is 35.5. The summed E-state index contributed by atoms with van der Waals surface area (Å²) >= 11 is 5.93. The minimum Gasteiger partial charge on any atom is -0.314 e. The first-order valence-corrected chi connectivity index (χ1v) is 6.50. The molecule has 1 aromatic carbocycles. The Bertz CT molecular complexity index is 338. The van der Waals surface area contributed by atoms with E-state index in [1.165, 1.54) is 24.8 Å². The molecule has 0 bridgehead atoms. The van der Waals surface area contributed by atoms with E-state index in [2.05, 4.69) is 31.3 Å². The van der Waals surface area contributed by atoms with Crippen LogP contribution in [0.3, 0.4) is 0 Å². The van der Waals surface area contributed by atoms with E-state index in [0.29, 0.717) is 11.5 Å². The summed E-state index contributed by atoms with van der Waals surface area (Å²) in [5, 5.41) is 4.40. The molecular weight excluding hydrogens is 218 g/mol. The maximum Gasteiger partial charge on any atom is 0.0406 e. The van der Waals surface area contributed by atoms with Gasteiger partial charge in [-0.3, -0.25) is 0 Å². The molecule has 0 aromatic heterocycles. The van der Waals surface area contributed by atoms with Crippen molar-refractivity contribution in [3.8, 4) is 0 Å². The number of hydrogen-bond donors (Lipinski definition) is 1. The summed E-state index contributed by atoms with van der Waals surface area (Å²) in [6, 6.07) is 8.94. The molecule has 1 N–H and O–H groups in total. The van der Waals surface area contributed by atoms with Gasteiger partial charge in [0.15, 0.2) is 0 Å². The average molecular weight is 238 g/mol. The van der Waals surface area contributed by atoms with Crippen LogP contribution in [0.25, 0.3) is 0 Å². The molecule has 1 fully saturated rings.